The molecule has 1 aromatic rings. The first-order chi connectivity index (χ1) is 5.58. The number of nitrogens with two attached hydrogens (primary N) is 1. The van der Waals surface area contributed by atoms with Crippen LogP contribution >= 0.6 is 17.0 Å². The second kappa shape index (κ2) is 5.40. The molecule has 0 saturated heterocycles. The molecule has 0 fully saturated rings. The Morgan fingerprint density at radius 3 is 2.15 bits per heavy atom. The van der Waals surface area contributed by atoms with E-state index < -0.39 is 0 Å². The van der Waals surface area contributed by atoms with Crippen LogP contribution in [-0.2, 0) is 6.42 Å². The third-order valence-corrected chi connectivity index (χ3v) is 1.90. The zero-order valence-corrected chi connectivity index (χ0v) is 10.00. The molecule has 1 rings (SSSR count). The summed E-state index contributed by atoms with van der Waals surface area (Å²) in [5, 5.41) is 0. The minimum absolute atomic E-state index is 0. The number of hydrogen-bond donors (Lipinski definition) is 1. The van der Waals surface area contributed by atoms with Gasteiger partial charge in [0.05, 0.1) is 0 Å². The highest BCUT2D eigenvalue weighted by molar-refractivity contribution is 8.93. The lowest BCUT2D eigenvalue weighted by Gasteiger charge is -2.17. The Bertz CT molecular complexity index is 226. The number of rotatable bonds is 3. The van der Waals surface area contributed by atoms with Crippen LogP contribution in [0, 0.1) is 0 Å². The average Bonchev–Trinajstić information content (AvgIpc) is 2.02. The van der Waals surface area contributed by atoms with Gasteiger partial charge in [-0.2, -0.15) is 0 Å². The van der Waals surface area contributed by atoms with Gasteiger partial charge in [-0.05, 0) is 32.3 Å². The minimum Gasteiger partial charge on any atom is -0.326 e. The van der Waals surface area contributed by atoms with Gasteiger partial charge in [0.15, 0.2) is 0 Å². The van der Waals surface area contributed by atoms with Gasteiger partial charge in [-0.15, -0.1) is 17.0 Å². The fourth-order valence-electron chi connectivity index (χ4n) is 1.11. The Morgan fingerprint density at radius 2 is 1.69 bits per heavy atom. The molecule has 2 heteroatoms. The van der Waals surface area contributed by atoms with Crippen LogP contribution in [0.5, 0.6) is 0 Å². The summed E-state index contributed by atoms with van der Waals surface area (Å²) in [4.78, 5) is 0. The average molecular weight is 244 g/mol. The molecule has 0 aliphatic heterocycles. The van der Waals surface area contributed by atoms with Crippen molar-refractivity contribution in [1.29, 1.82) is 0 Å². The molecule has 1 aromatic carbocycles. The first-order valence-corrected chi connectivity index (χ1v) is 4.41. The Morgan fingerprint density at radius 1 is 1.15 bits per heavy atom. The molecule has 0 heterocycles. The topological polar surface area (TPSA) is 26.0 Å². The second-order valence-electron chi connectivity index (χ2n) is 3.97. The van der Waals surface area contributed by atoms with E-state index in [1.165, 1.54) is 5.56 Å². The third-order valence-electron chi connectivity index (χ3n) is 1.90. The standard InChI is InChI=1S/C11H17N.BrH/c1-11(2,12)9-8-10-6-4-3-5-7-10;/h3-7H,8-9,12H2,1-2H3;1H. The Labute approximate surface area is 91.1 Å². The predicted octanol–water partition coefficient (Wildman–Crippen LogP) is 2.93. The highest BCUT2D eigenvalue weighted by Gasteiger charge is 2.09. The molecule has 0 aromatic heterocycles. The summed E-state index contributed by atoms with van der Waals surface area (Å²) in [6, 6.07) is 10.5. The maximum Gasteiger partial charge on any atom is 0.0100 e. The van der Waals surface area contributed by atoms with Gasteiger partial charge in [-0.1, -0.05) is 30.3 Å². The van der Waals surface area contributed by atoms with Crippen LogP contribution in [0.25, 0.3) is 0 Å². The van der Waals surface area contributed by atoms with Gasteiger partial charge in [0.25, 0.3) is 0 Å². The van der Waals surface area contributed by atoms with E-state index in [-0.39, 0.29) is 22.5 Å². The molecule has 0 unspecified atom stereocenters. The van der Waals surface area contributed by atoms with Gasteiger partial charge in [0.1, 0.15) is 0 Å². The Kier molecular flexibility index (Phi) is 5.26. The van der Waals surface area contributed by atoms with E-state index >= 15 is 0 Å². The van der Waals surface area contributed by atoms with Gasteiger partial charge in [-0.25, -0.2) is 0 Å². The Balaban J connectivity index is 0.00000144. The van der Waals surface area contributed by atoms with Crippen LogP contribution < -0.4 is 5.73 Å². The van der Waals surface area contributed by atoms with Gasteiger partial charge in [0.2, 0.25) is 0 Å². The third kappa shape index (κ3) is 5.83. The molecule has 0 spiro atoms. The van der Waals surface area contributed by atoms with E-state index in [4.69, 9.17) is 5.73 Å². The summed E-state index contributed by atoms with van der Waals surface area (Å²) < 4.78 is 0. The van der Waals surface area contributed by atoms with Gasteiger partial charge in [0, 0.05) is 5.54 Å². The van der Waals surface area contributed by atoms with E-state index in [2.05, 4.69) is 38.1 Å². The molecule has 0 amide bonds. The van der Waals surface area contributed by atoms with Gasteiger partial charge in [-0.3, -0.25) is 0 Å². The van der Waals surface area contributed by atoms with Crippen LogP contribution in [0.3, 0.4) is 0 Å². The number of aryl methyl sites for hydroxylation is 1. The van der Waals surface area contributed by atoms with E-state index in [0.29, 0.717) is 0 Å². The summed E-state index contributed by atoms with van der Waals surface area (Å²) in [6.45, 7) is 4.13. The second-order valence-corrected chi connectivity index (χ2v) is 3.97. The van der Waals surface area contributed by atoms with E-state index in [9.17, 15) is 0 Å². The van der Waals surface area contributed by atoms with Crippen molar-refractivity contribution in [3.63, 3.8) is 0 Å². The molecule has 0 aliphatic rings. The van der Waals surface area contributed by atoms with Gasteiger partial charge < -0.3 is 5.73 Å². The van der Waals surface area contributed by atoms with Crippen LogP contribution in [0.15, 0.2) is 30.3 Å². The summed E-state index contributed by atoms with van der Waals surface area (Å²) in [5.41, 5.74) is 7.21. The normalized spacial score (nSPS) is 10.7. The van der Waals surface area contributed by atoms with Crippen molar-refractivity contribution in [3.8, 4) is 0 Å². The largest absolute Gasteiger partial charge is 0.326 e. The smallest absolute Gasteiger partial charge is 0.0100 e. The van der Waals surface area contributed by atoms with Crippen molar-refractivity contribution in [2.45, 2.75) is 32.2 Å². The van der Waals surface area contributed by atoms with Crippen LogP contribution in [-0.4, -0.2) is 5.54 Å². The molecule has 1 nitrogen and oxygen atoms in total. The molecule has 13 heavy (non-hydrogen) atoms. The van der Waals surface area contributed by atoms with Crippen molar-refractivity contribution < 1.29 is 0 Å². The number of halogens is 1. The van der Waals surface area contributed by atoms with Crippen molar-refractivity contribution in [2.75, 3.05) is 0 Å². The zero-order chi connectivity index (χ0) is 9.03. The molecular formula is C11H18BrN. The zero-order valence-electron chi connectivity index (χ0n) is 8.29. The highest BCUT2D eigenvalue weighted by atomic mass is 79.9. The summed E-state index contributed by atoms with van der Waals surface area (Å²) in [6.07, 6.45) is 2.11. The minimum atomic E-state index is -0.0458. The van der Waals surface area contributed by atoms with E-state index in [1.807, 2.05) is 6.07 Å². The van der Waals surface area contributed by atoms with E-state index in [0.717, 1.165) is 12.8 Å². The molecule has 0 saturated carbocycles. The number of benzene rings is 1. The fraction of sp³-hybridized carbons (Fsp3) is 0.455. The summed E-state index contributed by atoms with van der Waals surface area (Å²) in [7, 11) is 0. The van der Waals surface area contributed by atoms with Crippen molar-refractivity contribution >= 4 is 17.0 Å². The Hall–Kier alpha value is -0.340. The van der Waals surface area contributed by atoms with E-state index in [1.54, 1.807) is 0 Å². The predicted molar refractivity (Wildman–Crippen MR) is 63.4 cm³/mol. The van der Waals surface area contributed by atoms with Crippen molar-refractivity contribution in [1.82, 2.24) is 0 Å². The molecule has 0 radical (unpaired) electrons. The lowest BCUT2D eigenvalue weighted by molar-refractivity contribution is 0.477. The SMILES string of the molecule is Br.CC(C)(N)CCc1ccccc1. The first kappa shape index (κ1) is 12.7. The van der Waals surface area contributed by atoms with Gasteiger partial charge >= 0.3 is 0 Å². The summed E-state index contributed by atoms with van der Waals surface area (Å²) >= 11 is 0. The van der Waals surface area contributed by atoms with Crippen LogP contribution in [0.1, 0.15) is 25.8 Å². The van der Waals surface area contributed by atoms with Crippen molar-refractivity contribution in [2.24, 2.45) is 5.73 Å². The quantitative estimate of drug-likeness (QED) is 0.869. The molecule has 0 bridgehead atoms. The molecule has 0 atom stereocenters. The van der Waals surface area contributed by atoms with Crippen LogP contribution in [0.2, 0.25) is 0 Å². The fourth-order valence-corrected chi connectivity index (χ4v) is 1.11. The molecule has 2 N–H and O–H groups in total. The lowest BCUT2D eigenvalue weighted by Crippen LogP contribution is -2.32. The first-order valence-electron chi connectivity index (χ1n) is 4.41. The molecular weight excluding hydrogens is 226 g/mol. The monoisotopic (exact) mass is 243 g/mol. The van der Waals surface area contributed by atoms with Crippen LogP contribution in [0.4, 0.5) is 0 Å². The highest BCUT2D eigenvalue weighted by Crippen LogP contribution is 2.09. The lowest BCUT2D eigenvalue weighted by atomic mass is 9.97. The molecule has 0 aliphatic carbocycles. The maximum absolute atomic E-state index is 5.88. The number of hydrogen-bond acceptors (Lipinski definition) is 1. The van der Waals surface area contributed by atoms with Crippen molar-refractivity contribution in [3.05, 3.63) is 35.9 Å². The summed E-state index contributed by atoms with van der Waals surface area (Å²) in [5.74, 6) is 0. The molecule has 74 valence electrons. The maximum atomic E-state index is 5.88.